The number of hydrogen-bond acceptors (Lipinski definition) is 4. The molecule has 6 nitrogen and oxygen atoms in total. The standard InChI is InChI=1S/C14H29N3O3/c1-6-7-10(2)16-14(19)12(4)17-11(3)13(18)15-8-9-20-5/h10-12,17H,6-9H2,1-5H3,(H,15,18)(H,16,19). The van der Waals surface area contributed by atoms with E-state index in [1.165, 1.54) is 0 Å². The molecule has 0 heterocycles. The third kappa shape index (κ3) is 8.12. The van der Waals surface area contributed by atoms with Crippen molar-refractivity contribution >= 4 is 11.8 Å². The zero-order valence-corrected chi connectivity index (χ0v) is 13.3. The van der Waals surface area contributed by atoms with Crippen LogP contribution in [0.15, 0.2) is 0 Å². The summed E-state index contributed by atoms with van der Waals surface area (Å²) in [5, 5.41) is 8.64. The molecule has 6 heteroatoms. The van der Waals surface area contributed by atoms with Crippen molar-refractivity contribution in [3.63, 3.8) is 0 Å². The molecule has 0 fully saturated rings. The number of carbonyl (C=O) groups is 2. The Balaban J connectivity index is 4.07. The minimum absolute atomic E-state index is 0.0810. The summed E-state index contributed by atoms with van der Waals surface area (Å²) >= 11 is 0. The zero-order chi connectivity index (χ0) is 15.5. The fourth-order valence-corrected chi connectivity index (χ4v) is 1.83. The molecular weight excluding hydrogens is 258 g/mol. The van der Waals surface area contributed by atoms with Crippen LogP contribution in [0, 0.1) is 0 Å². The topological polar surface area (TPSA) is 79.5 Å². The van der Waals surface area contributed by atoms with Gasteiger partial charge in [0.1, 0.15) is 0 Å². The highest BCUT2D eigenvalue weighted by molar-refractivity contribution is 5.84. The molecule has 0 saturated carbocycles. The van der Waals surface area contributed by atoms with E-state index in [9.17, 15) is 9.59 Å². The summed E-state index contributed by atoms with van der Waals surface area (Å²) in [5.74, 6) is -0.217. The van der Waals surface area contributed by atoms with Gasteiger partial charge < -0.3 is 15.4 Å². The summed E-state index contributed by atoms with van der Waals surface area (Å²) in [6, 6.07) is -0.672. The van der Waals surface area contributed by atoms with Crippen molar-refractivity contribution < 1.29 is 14.3 Å². The molecule has 3 atom stereocenters. The van der Waals surface area contributed by atoms with Crippen LogP contribution in [0.1, 0.15) is 40.5 Å². The van der Waals surface area contributed by atoms with Gasteiger partial charge in [-0.2, -0.15) is 0 Å². The molecule has 118 valence electrons. The minimum atomic E-state index is -0.422. The maximum Gasteiger partial charge on any atom is 0.237 e. The van der Waals surface area contributed by atoms with Crippen molar-refractivity contribution in [1.29, 1.82) is 0 Å². The van der Waals surface area contributed by atoms with Gasteiger partial charge in [-0.15, -0.1) is 0 Å². The largest absolute Gasteiger partial charge is 0.383 e. The van der Waals surface area contributed by atoms with E-state index < -0.39 is 12.1 Å². The lowest BCUT2D eigenvalue weighted by Crippen LogP contribution is -2.52. The molecule has 0 radical (unpaired) electrons. The Kier molecular flexibility index (Phi) is 10.0. The molecule has 0 saturated heterocycles. The molecule has 0 rings (SSSR count). The molecule has 2 amide bonds. The Morgan fingerprint density at radius 3 is 2.25 bits per heavy atom. The molecule has 3 N–H and O–H groups in total. The molecule has 0 aliphatic heterocycles. The first-order valence-corrected chi connectivity index (χ1v) is 7.25. The fraction of sp³-hybridized carbons (Fsp3) is 0.857. The van der Waals surface area contributed by atoms with Gasteiger partial charge in [-0.05, 0) is 27.2 Å². The zero-order valence-electron chi connectivity index (χ0n) is 13.3. The normalized spacial score (nSPS) is 15.2. The van der Waals surface area contributed by atoms with E-state index in [-0.39, 0.29) is 17.9 Å². The molecule has 0 aromatic heterocycles. The Morgan fingerprint density at radius 2 is 1.70 bits per heavy atom. The van der Waals surface area contributed by atoms with Crippen molar-refractivity contribution in [2.75, 3.05) is 20.3 Å². The summed E-state index contributed by atoms with van der Waals surface area (Å²) in [4.78, 5) is 23.7. The summed E-state index contributed by atoms with van der Waals surface area (Å²) in [6.07, 6.45) is 1.98. The second kappa shape index (κ2) is 10.6. The number of nitrogens with one attached hydrogen (secondary N) is 3. The molecule has 0 spiro atoms. The van der Waals surface area contributed by atoms with Crippen LogP contribution in [0.4, 0.5) is 0 Å². The number of rotatable bonds is 10. The van der Waals surface area contributed by atoms with Gasteiger partial charge in [0.15, 0.2) is 0 Å². The van der Waals surface area contributed by atoms with Gasteiger partial charge in [-0.3, -0.25) is 14.9 Å². The van der Waals surface area contributed by atoms with E-state index in [1.54, 1.807) is 21.0 Å². The van der Waals surface area contributed by atoms with Crippen LogP contribution in [-0.4, -0.2) is 50.2 Å². The molecule has 3 unspecified atom stereocenters. The Hall–Kier alpha value is -1.14. The van der Waals surface area contributed by atoms with E-state index in [0.29, 0.717) is 13.2 Å². The maximum absolute atomic E-state index is 11.9. The maximum atomic E-state index is 11.9. The van der Waals surface area contributed by atoms with Crippen LogP contribution < -0.4 is 16.0 Å². The average molecular weight is 287 g/mol. The molecule has 0 bridgehead atoms. The van der Waals surface area contributed by atoms with E-state index in [1.807, 2.05) is 6.92 Å². The third-order valence-corrected chi connectivity index (χ3v) is 3.00. The number of hydrogen-bond donors (Lipinski definition) is 3. The Bertz CT molecular complexity index is 297. The van der Waals surface area contributed by atoms with Crippen LogP contribution in [0.25, 0.3) is 0 Å². The van der Waals surface area contributed by atoms with Crippen LogP contribution in [0.5, 0.6) is 0 Å². The lowest BCUT2D eigenvalue weighted by Gasteiger charge is -2.21. The first-order chi connectivity index (χ1) is 9.42. The van der Waals surface area contributed by atoms with Crippen molar-refractivity contribution in [2.24, 2.45) is 0 Å². The highest BCUT2D eigenvalue weighted by Crippen LogP contribution is 1.96. The summed E-state index contributed by atoms with van der Waals surface area (Å²) in [6.45, 7) is 8.50. The van der Waals surface area contributed by atoms with Gasteiger partial charge in [0.05, 0.1) is 18.7 Å². The SMILES string of the molecule is CCCC(C)NC(=O)C(C)NC(C)C(=O)NCCOC. The molecule has 0 aromatic rings. The molecule has 20 heavy (non-hydrogen) atoms. The van der Waals surface area contributed by atoms with Gasteiger partial charge in [-0.25, -0.2) is 0 Å². The van der Waals surface area contributed by atoms with Gasteiger partial charge in [0.25, 0.3) is 0 Å². The third-order valence-electron chi connectivity index (χ3n) is 3.00. The monoisotopic (exact) mass is 287 g/mol. The second-order valence-electron chi connectivity index (χ2n) is 5.09. The van der Waals surface area contributed by atoms with Gasteiger partial charge in [0, 0.05) is 19.7 Å². The van der Waals surface area contributed by atoms with Crippen molar-refractivity contribution in [1.82, 2.24) is 16.0 Å². The van der Waals surface area contributed by atoms with E-state index in [0.717, 1.165) is 12.8 Å². The first kappa shape index (κ1) is 18.9. The predicted molar refractivity (Wildman–Crippen MR) is 79.5 cm³/mol. The molecule has 0 aromatic carbocycles. The number of amides is 2. The van der Waals surface area contributed by atoms with Gasteiger partial charge >= 0.3 is 0 Å². The van der Waals surface area contributed by atoms with Crippen LogP contribution >= 0.6 is 0 Å². The lowest BCUT2D eigenvalue weighted by atomic mass is 10.1. The number of carbonyl (C=O) groups excluding carboxylic acids is 2. The highest BCUT2D eigenvalue weighted by atomic mass is 16.5. The lowest BCUT2D eigenvalue weighted by molar-refractivity contribution is -0.125. The van der Waals surface area contributed by atoms with E-state index in [2.05, 4.69) is 22.9 Å². The van der Waals surface area contributed by atoms with Crippen molar-refractivity contribution in [3.8, 4) is 0 Å². The summed E-state index contributed by atoms with van der Waals surface area (Å²) in [5.41, 5.74) is 0. The Morgan fingerprint density at radius 1 is 1.10 bits per heavy atom. The first-order valence-electron chi connectivity index (χ1n) is 7.25. The quantitative estimate of drug-likeness (QED) is 0.509. The average Bonchev–Trinajstić information content (AvgIpc) is 2.38. The second-order valence-corrected chi connectivity index (χ2v) is 5.09. The highest BCUT2D eigenvalue weighted by Gasteiger charge is 2.20. The predicted octanol–water partition coefficient (Wildman–Crippen LogP) is 0.420. The Labute approximate surface area is 122 Å². The van der Waals surface area contributed by atoms with E-state index >= 15 is 0 Å². The fourth-order valence-electron chi connectivity index (χ4n) is 1.83. The molecule has 0 aliphatic rings. The van der Waals surface area contributed by atoms with Gasteiger partial charge in [0.2, 0.25) is 11.8 Å². The summed E-state index contributed by atoms with van der Waals surface area (Å²) in [7, 11) is 1.58. The van der Waals surface area contributed by atoms with Crippen LogP contribution in [-0.2, 0) is 14.3 Å². The number of ether oxygens (including phenoxy) is 1. The van der Waals surface area contributed by atoms with Crippen LogP contribution in [0.2, 0.25) is 0 Å². The minimum Gasteiger partial charge on any atom is -0.383 e. The van der Waals surface area contributed by atoms with Crippen LogP contribution in [0.3, 0.4) is 0 Å². The van der Waals surface area contributed by atoms with Crippen molar-refractivity contribution in [3.05, 3.63) is 0 Å². The smallest absolute Gasteiger partial charge is 0.237 e. The van der Waals surface area contributed by atoms with E-state index in [4.69, 9.17) is 4.74 Å². The van der Waals surface area contributed by atoms with Gasteiger partial charge in [-0.1, -0.05) is 13.3 Å². The van der Waals surface area contributed by atoms with Crippen molar-refractivity contribution in [2.45, 2.75) is 58.7 Å². The number of methoxy groups -OCH3 is 1. The summed E-state index contributed by atoms with van der Waals surface area (Å²) < 4.78 is 4.86. The molecular formula is C14H29N3O3. The molecule has 0 aliphatic carbocycles.